The van der Waals surface area contributed by atoms with Crippen molar-refractivity contribution in [2.75, 3.05) is 5.32 Å². The highest BCUT2D eigenvalue weighted by molar-refractivity contribution is 6.65. The second kappa shape index (κ2) is 7.01. The maximum absolute atomic E-state index is 11.4. The zero-order chi connectivity index (χ0) is 13.5. The number of halogens is 1. The van der Waals surface area contributed by atoms with Crippen LogP contribution >= 0.6 is 11.6 Å². The van der Waals surface area contributed by atoms with Crippen molar-refractivity contribution in [2.45, 2.75) is 33.1 Å². The van der Waals surface area contributed by atoms with Crippen LogP contribution in [0.25, 0.3) is 0 Å². The minimum Gasteiger partial charge on any atom is -0.297 e. The lowest BCUT2D eigenvalue weighted by Crippen LogP contribution is -2.11. The Balaban J connectivity index is 2.54. The first-order chi connectivity index (χ1) is 8.52. The fraction of sp³-hybridized carbons (Fsp3) is 0.385. The Morgan fingerprint density at radius 2 is 2.00 bits per heavy atom. The Kier molecular flexibility index (Phi) is 5.65. The van der Waals surface area contributed by atoms with E-state index < -0.39 is 6.09 Å². The topological polar surface area (TPSA) is 50.7 Å². The van der Waals surface area contributed by atoms with Crippen LogP contribution in [-0.2, 0) is 4.84 Å². The van der Waals surface area contributed by atoms with Crippen molar-refractivity contribution in [3.63, 3.8) is 0 Å². The summed E-state index contributed by atoms with van der Waals surface area (Å²) >= 11 is 5.61. The second-order valence-electron chi connectivity index (χ2n) is 4.10. The number of hydrogen-bond acceptors (Lipinski definition) is 3. The normalized spacial score (nSPS) is 11.5. The minimum atomic E-state index is -0.654. The zero-order valence-corrected chi connectivity index (χ0v) is 11.5. The Labute approximate surface area is 112 Å². The lowest BCUT2D eigenvalue weighted by Gasteiger charge is -2.07. The van der Waals surface area contributed by atoms with Crippen molar-refractivity contribution in [3.05, 3.63) is 29.8 Å². The number of oxime groups is 1. The second-order valence-corrected chi connectivity index (χ2v) is 4.54. The van der Waals surface area contributed by atoms with E-state index >= 15 is 0 Å². The van der Waals surface area contributed by atoms with Crippen LogP contribution in [0.1, 0.15) is 38.7 Å². The molecule has 1 rings (SSSR count). The first-order valence-corrected chi connectivity index (χ1v) is 6.21. The smallest absolute Gasteiger partial charge is 0.297 e. The summed E-state index contributed by atoms with van der Waals surface area (Å²) in [6.45, 7) is 6.04. The van der Waals surface area contributed by atoms with Gasteiger partial charge in [-0.3, -0.25) is 10.2 Å². The van der Waals surface area contributed by atoms with Gasteiger partial charge in [0.25, 0.3) is 0 Å². The quantitative estimate of drug-likeness (QED) is 0.502. The average Bonchev–Trinajstić information content (AvgIpc) is 2.36. The van der Waals surface area contributed by atoms with E-state index in [2.05, 4.69) is 29.2 Å². The fourth-order valence-corrected chi connectivity index (χ4v) is 1.28. The predicted octanol–water partition coefficient (Wildman–Crippen LogP) is 4.32. The van der Waals surface area contributed by atoms with E-state index in [-0.39, 0.29) is 5.17 Å². The summed E-state index contributed by atoms with van der Waals surface area (Å²) in [6, 6.07) is 7.56. The molecule has 0 atom stereocenters. The van der Waals surface area contributed by atoms with E-state index in [9.17, 15) is 4.79 Å². The van der Waals surface area contributed by atoms with Crippen LogP contribution in [0.15, 0.2) is 29.4 Å². The Bertz CT molecular complexity index is 427. The summed E-state index contributed by atoms with van der Waals surface area (Å²) in [6.07, 6.45) is -0.128. The Morgan fingerprint density at radius 1 is 1.39 bits per heavy atom. The van der Waals surface area contributed by atoms with Gasteiger partial charge in [0.1, 0.15) is 5.17 Å². The van der Waals surface area contributed by atoms with Crippen molar-refractivity contribution in [3.8, 4) is 0 Å². The molecule has 0 spiro atoms. The number of hydrogen-bond donors (Lipinski definition) is 1. The molecule has 0 saturated heterocycles. The highest BCUT2D eigenvalue weighted by Gasteiger charge is 2.04. The third-order valence-corrected chi connectivity index (χ3v) is 2.68. The van der Waals surface area contributed by atoms with Gasteiger partial charge in [0.15, 0.2) is 0 Å². The van der Waals surface area contributed by atoms with Gasteiger partial charge in [-0.25, -0.2) is 4.79 Å². The van der Waals surface area contributed by atoms with E-state index in [1.807, 2.05) is 31.2 Å². The van der Waals surface area contributed by atoms with Crippen molar-refractivity contribution in [2.24, 2.45) is 5.16 Å². The molecule has 5 heteroatoms. The van der Waals surface area contributed by atoms with E-state index in [4.69, 9.17) is 11.6 Å². The van der Waals surface area contributed by atoms with Gasteiger partial charge in [-0.05, 0) is 23.6 Å². The molecule has 0 fully saturated rings. The molecule has 0 saturated carbocycles. The summed E-state index contributed by atoms with van der Waals surface area (Å²) in [5.74, 6) is 0.457. The maximum atomic E-state index is 11.4. The van der Waals surface area contributed by atoms with Crippen LogP contribution in [-0.4, -0.2) is 11.3 Å². The molecule has 98 valence electrons. The van der Waals surface area contributed by atoms with Crippen molar-refractivity contribution in [1.82, 2.24) is 0 Å². The first kappa shape index (κ1) is 14.5. The molecule has 4 nitrogen and oxygen atoms in total. The highest BCUT2D eigenvalue weighted by atomic mass is 35.5. The largest absolute Gasteiger partial charge is 0.437 e. The molecule has 18 heavy (non-hydrogen) atoms. The maximum Gasteiger partial charge on any atom is 0.437 e. The van der Waals surface area contributed by atoms with Gasteiger partial charge in [-0.1, -0.05) is 49.7 Å². The number of nitrogens with one attached hydrogen (secondary N) is 1. The lowest BCUT2D eigenvalue weighted by molar-refractivity contribution is 0.166. The highest BCUT2D eigenvalue weighted by Crippen LogP contribution is 2.17. The van der Waals surface area contributed by atoms with Crippen LogP contribution in [0, 0.1) is 0 Å². The standard InChI is InChI=1S/C13H17ClN2O2/c1-4-12(14)16-18-13(17)15-11-7-5-10(6-8-11)9(2)3/h5-9H,4H2,1-3H3,(H,15,17)/b16-12+. The van der Waals surface area contributed by atoms with E-state index in [0.29, 0.717) is 18.0 Å². The fourth-order valence-electron chi connectivity index (χ4n) is 1.25. The van der Waals surface area contributed by atoms with E-state index in [1.54, 1.807) is 0 Å². The number of benzene rings is 1. The molecule has 0 aromatic heterocycles. The van der Waals surface area contributed by atoms with E-state index in [0.717, 1.165) is 0 Å². The number of carbonyl (C=O) groups excluding carboxylic acids is 1. The number of anilines is 1. The molecular weight excluding hydrogens is 252 g/mol. The number of rotatable bonds is 4. The minimum absolute atomic E-state index is 0.250. The van der Waals surface area contributed by atoms with Crippen LogP contribution < -0.4 is 5.32 Å². The summed E-state index contributed by atoms with van der Waals surface area (Å²) in [5.41, 5.74) is 1.87. The Hall–Kier alpha value is -1.55. The molecular formula is C13H17ClN2O2. The molecule has 0 heterocycles. The van der Waals surface area contributed by atoms with E-state index in [1.165, 1.54) is 5.56 Å². The molecule has 1 aromatic carbocycles. The van der Waals surface area contributed by atoms with Crippen LogP contribution in [0.5, 0.6) is 0 Å². The molecule has 0 aliphatic heterocycles. The third-order valence-electron chi connectivity index (χ3n) is 2.34. The SMILES string of the molecule is CC/C(Cl)=N\OC(=O)Nc1ccc(C(C)C)cc1. The third kappa shape index (κ3) is 4.75. The molecule has 1 N–H and O–H groups in total. The van der Waals surface area contributed by atoms with Crippen molar-refractivity contribution >= 4 is 28.6 Å². The summed E-state index contributed by atoms with van der Waals surface area (Å²) in [4.78, 5) is 15.9. The van der Waals surface area contributed by atoms with Gasteiger partial charge in [-0.2, -0.15) is 0 Å². The van der Waals surface area contributed by atoms with Crippen molar-refractivity contribution < 1.29 is 9.63 Å². The number of amides is 1. The van der Waals surface area contributed by atoms with Gasteiger partial charge < -0.3 is 0 Å². The monoisotopic (exact) mass is 268 g/mol. The molecule has 1 aromatic rings. The molecule has 0 unspecified atom stereocenters. The van der Waals surface area contributed by atoms with Gasteiger partial charge in [0.2, 0.25) is 0 Å². The van der Waals surface area contributed by atoms with Crippen LogP contribution in [0.4, 0.5) is 10.5 Å². The lowest BCUT2D eigenvalue weighted by atomic mass is 10.0. The first-order valence-electron chi connectivity index (χ1n) is 5.83. The molecule has 0 radical (unpaired) electrons. The number of carbonyl (C=O) groups is 1. The van der Waals surface area contributed by atoms with Crippen molar-refractivity contribution in [1.29, 1.82) is 0 Å². The molecule has 0 bridgehead atoms. The summed E-state index contributed by atoms with van der Waals surface area (Å²) in [7, 11) is 0. The van der Waals surface area contributed by atoms with Gasteiger partial charge in [0.05, 0.1) is 0 Å². The van der Waals surface area contributed by atoms with Gasteiger partial charge in [-0.15, -0.1) is 0 Å². The summed E-state index contributed by atoms with van der Waals surface area (Å²) < 4.78 is 0. The molecule has 0 aliphatic rings. The van der Waals surface area contributed by atoms with Crippen LogP contribution in [0.3, 0.4) is 0 Å². The number of nitrogens with zero attached hydrogens (tertiary/aromatic N) is 1. The molecule has 0 aliphatic carbocycles. The predicted molar refractivity (Wildman–Crippen MR) is 74.2 cm³/mol. The average molecular weight is 269 g/mol. The van der Waals surface area contributed by atoms with Gasteiger partial charge >= 0.3 is 6.09 Å². The summed E-state index contributed by atoms with van der Waals surface area (Å²) in [5, 5.41) is 6.27. The Morgan fingerprint density at radius 3 is 2.50 bits per heavy atom. The van der Waals surface area contributed by atoms with Crippen LogP contribution in [0.2, 0.25) is 0 Å². The zero-order valence-electron chi connectivity index (χ0n) is 10.7. The van der Waals surface area contributed by atoms with Gasteiger partial charge in [0, 0.05) is 12.1 Å². The molecule has 1 amide bonds.